The van der Waals surface area contributed by atoms with Crippen molar-refractivity contribution in [3.63, 3.8) is 0 Å². The van der Waals surface area contributed by atoms with Gasteiger partial charge in [0.25, 0.3) is 0 Å². The average molecular weight is 426 g/mol. The normalized spacial score (nSPS) is 14.7. The van der Waals surface area contributed by atoms with Crippen LogP contribution in [0, 0.1) is 0 Å². The predicted molar refractivity (Wildman–Crippen MR) is 103 cm³/mol. The molecule has 0 aromatic heterocycles. The number of carboxylic acids is 1. The molecule has 0 spiro atoms. The van der Waals surface area contributed by atoms with E-state index in [0.29, 0.717) is 5.56 Å². The topological polar surface area (TPSA) is 211 Å². The number of aliphatic hydroxyl groups is 2. The smallest absolute Gasteiger partial charge is 0.326 e. The number of aliphatic carboxylic acids is 1. The zero-order chi connectivity index (χ0) is 22.8. The fourth-order valence-electron chi connectivity index (χ4n) is 2.30. The summed E-state index contributed by atoms with van der Waals surface area (Å²) in [6.07, 6.45) is -0.0983. The second-order valence-electron chi connectivity index (χ2n) is 6.53. The van der Waals surface area contributed by atoms with Crippen LogP contribution in [-0.4, -0.2) is 81.5 Å². The molecule has 0 bridgehead atoms. The molecule has 4 atom stereocenters. The Morgan fingerprint density at radius 3 is 1.97 bits per heavy atom. The highest BCUT2D eigenvalue weighted by Gasteiger charge is 2.28. The van der Waals surface area contributed by atoms with Crippen LogP contribution in [0.1, 0.15) is 12.5 Å². The number of phenolic OH excluding ortho intramolecular Hbond substituents is 1. The van der Waals surface area contributed by atoms with E-state index in [-0.39, 0.29) is 12.2 Å². The van der Waals surface area contributed by atoms with Gasteiger partial charge in [0, 0.05) is 6.42 Å². The average Bonchev–Trinajstić information content (AvgIpc) is 2.71. The van der Waals surface area contributed by atoms with Crippen LogP contribution >= 0.6 is 0 Å². The van der Waals surface area contributed by atoms with E-state index in [2.05, 4.69) is 16.0 Å². The first-order valence-electron chi connectivity index (χ1n) is 8.98. The number of amides is 3. The third-order valence-corrected chi connectivity index (χ3v) is 4.09. The zero-order valence-electron chi connectivity index (χ0n) is 16.2. The molecule has 0 saturated heterocycles. The van der Waals surface area contributed by atoms with Crippen molar-refractivity contribution in [1.29, 1.82) is 0 Å². The lowest BCUT2D eigenvalue weighted by Gasteiger charge is -2.22. The predicted octanol–water partition coefficient (Wildman–Crippen LogP) is -3.19. The zero-order valence-corrected chi connectivity index (χ0v) is 16.2. The molecule has 3 amide bonds. The van der Waals surface area contributed by atoms with Crippen LogP contribution in [0.2, 0.25) is 0 Å². The molecule has 0 radical (unpaired) electrons. The Morgan fingerprint density at radius 2 is 1.47 bits per heavy atom. The van der Waals surface area contributed by atoms with E-state index >= 15 is 0 Å². The highest BCUT2D eigenvalue weighted by atomic mass is 16.4. The summed E-state index contributed by atoms with van der Waals surface area (Å²) in [6, 6.07) is 0.528. The summed E-state index contributed by atoms with van der Waals surface area (Å²) in [5.41, 5.74) is 5.86. The molecule has 0 saturated carbocycles. The van der Waals surface area contributed by atoms with Crippen LogP contribution in [0.5, 0.6) is 5.75 Å². The molecular formula is C18H26N4O8. The number of nitrogens with one attached hydrogen (secondary N) is 3. The van der Waals surface area contributed by atoms with E-state index < -0.39 is 61.1 Å². The minimum absolute atomic E-state index is 0.00104. The summed E-state index contributed by atoms with van der Waals surface area (Å²) in [5, 5.41) is 43.5. The van der Waals surface area contributed by atoms with Crippen molar-refractivity contribution >= 4 is 23.7 Å². The van der Waals surface area contributed by atoms with E-state index in [1.54, 1.807) is 0 Å². The number of rotatable bonds is 11. The van der Waals surface area contributed by atoms with Crippen molar-refractivity contribution < 1.29 is 39.6 Å². The molecule has 0 fully saturated rings. The van der Waals surface area contributed by atoms with Gasteiger partial charge in [-0.15, -0.1) is 0 Å². The lowest BCUT2D eigenvalue weighted by molar-refractivity contribution is -0.142. The molecule has 30 heavy (non-hydrogen) atoms. The number of hydrogen-bond donors (Lipinski definition) is 8. The highest BCUT2D eigenvalue weighted by molar-refractivity contribution is 5.94. The molecule has 12 heteroatoms. The second-order valence-corrected chi connectivity index (χ2v) is 6.53. The quantitative estimate of drug-likeness (QED) is 0.179. The minimum atomic E-state index is -1.47. The fourth-order valence-corrected chi connectivity index (χ4v) is 2.30. The molecule has 12 nitrogen and oxygen atoms in total. The summed E-state index contributed by atoms with van der Waals surface area (Å²) in [6.45, 7) is -0.145. The first-order valence-corrected chi connectivity index (χ1v) is 8.98. The van der Waals surface area contributed by atoms with Gasteiger partial charge >= 0.3 is 5.97 Å². The van der Waals surface area contributed by atoms with E-state index in [0.717, 1.165) is 0 Å². The van der Waals surface area contributed by atoms with Gasteiger partial charge in [-0.3, -0.25) is 14.4 Å². The van der Waals surface area contributed by atoms with Crippen LogP contribution in [0.4, 0.5) is 0 Å². The Morgan fingerprint density at radius 1 is 0.900 bits per heavy atom. The van der Waals surface area contributed by atoms with Crippen LogP contribution in [0.25, 0.3) is 0 Å². The molecular weight excluding hydrogens is 400 g/mol. The first kappa shape index (κ1) is 24.8. The molecule has 9 N–H and O–H groups in total. The van der Waals surface area contributed by atoms with Crippen LogP contribution in [-0.2, 0) is 25.6 Å². The Kier molecular flexibility index (Phi) is 9.68. The Hall–Kier alpha value is -3.22. The monoisotopic (exact) mass is 426 g/mol. The molecule has 0 aliphatic carbocycles. The van der Waals surface area contributed by atoms with Gasteiger partial charge in [0.05, 0.1) is 13.2 Å². The van der Waals surface area contributed by atoms with Crippen molar-refractivity contribution in [3.8, 4) is 5.75 Å². The van der Waals surface area contributed by atoms with E-state index in [9.17, 15) is 34.5 Å². The standard InChI is InChI=1S/C18H26N4O8/c1-9(20-16(27)12(19)7-23)15(26)22-14(8-24)17(28)21-13(18(29)30)6-10-2-4-11(25)5-3-10/h2-5,9,12-14,23-25H,6-8,19H2,1H3,(H,20,27)(H,21,28)(H,22,26)(H,29,30). The Balaban J connectivity index is 2.72. The summed E-state index contributed by atoms with van der Waals surface area (Å²) in [5.74, 6) is -3.89. The van der Waals surface area contributed by atoms with Crippen molar-refractivity contribution in [2.24, 2.45) is 5.73 Å². The Bertz CT molecular complexity index is 755. The van der Waals surface area contributed by atoms with Crippen LogP contribution in [0.3, 0.4) is 0 Å². The SMILES string of the molecule is CC(NC(=O)C(N)CO)C(=O)NC(CO)C(=O)NC(Cc1ccc(O)cc1)C(=O)O. The van der Waals surface area contributed by atoms with Crippen molar-refractivity contribution in [3.05, 3.63) is 29.8 Å². The molecule has 166 valence electrons. The molecule has 0 aliphatic heterocycles. The number of aromatic hydroxyl groups is 1. The number of benzene rings is 1. The number of nitrogens with two attached hydrogens (primary N) is 1. The van der Waals surface area contributed by atoms with Crippen molar-refractivity contribution in [2.45, 2.75) is 37.5 Å². The molecule has 4 unspecified atom stereocenters. The van der Waals surface area contributed by atoms with Crippen molar-refractivity contribution in [2.75, 3.05) is 13.2 Å². The first-order chi connectivity index (χ1) is 14.1. The number of carbonyl (C=O) groups excluding carboxylic acids is 3. The molecule has 0 aliphatic rings. The molecule has 1 aromatic carbocycles. The van der Waals surface area contributed by atoms with E-state index in [1.165, 1.54) is 31.2 Å². The number of aliphatic hydroxyl groups excluding tert-OH is 2. The van der Waals surface area contributed by atoms with Gasteiger partial charge in [-0.2, -0.15) is 0 Å². The van der Waals surface area contributed by atoms with Gasteiger partial charge in [0.15, 0.2) is 0 Å². The van der Waals surface area contributed by atoms with Gasteiger partial charge < -0.3 is 42.1 Å². The molecule has 1 rings (SSSR count). The van der Waals surface area contributed by atoms with Crippen molar-refractivity contribution in [1.82, 2.24) is 16.0 Å². The van der Waals surface area contributed by atoms with Gasteiger partial charge in [-0.1, -0.05) is 12.1 Å². The summed E-state index contributed by atoms with van der Waals surface area (Å²) in [7, 11) is 0. The molecule has 1 aromatic rings. The highest BCUT2D eigenvalue weighted by Crippen LogP contribution is 2.11. The van der Waals surface area contributed by atoms with Gasteiger partial charge in [-0.25, -0.2) is 4.79 Å². The summed E-state index contributed by atoms with van der Waals surface area (Å²) < 4.78 is 0. The fraction of sp³-hybridized carbons (Fsp3) is 0.444. The van der Waals surface area contributed by atoms with Crippen LogP contribution in [0.15, 0.2) is 24.3 Å². The van der Waals surface area contributed by atoms with E-state index in [1.807, 2.05) is 0 Å². The number of carboxylic acid groups (broad SMARTS) is 1. The third kappa shape index (κ3) is 7.66. The van der Waals surface area contributed by atoms with Gasteiger partial charge in [0.2, 0.25) is 17.7 Å². The maximum Gasteiger partial charge on any atom is 0.326 e. The largest absolute Gasteiger partial charge is 0.508 e. The number of hydrogen-bond acceptors (Lipinski definition) is 8. The van der Waals surface area contributed by atoms with E-state index in [4.69, 9.17) is 10.8 Å². The lowest BCUT2D eigenvalue weighted by atomic mass is 10.1. The number of carbonyl (C=O) groups is 4. The third-order valence-electron chi connectivity index (χ3n) is 4.09. The second kappa shape index (κ2) is 11.7. The maximum absolute atomic E-state index is 12.3. The summed E-state index contributed by atoms with van der Waals surface area (Å²) in [4.78, 5) is 47.6. The maximum atomic E-state index is 12.3. The van der Waals surface area contributed by atoms with Crippen LogP contribution < -0.4 is 21.7 Å². The molecule has 0 heterocycles. The lowest BCUT2D eigenvalue weighted by Crippen LogP contribution is -2.57. The number of phenols is 1. The summed E-state index contributed by atoms with van der Waals surface area (Å²) >= 11 is 0. The minimum Gasteiger partial charge on any atom is -0.508 e. The Labute approximate surface area is 172 Å². The van der Waals surface area contributed by atoms with Gasteiger partial charge in [-0.05, 0) is 24.6 Å². The van der Waals surface area contributed by atoms with Gasteiger partial charge in [0.1, 0.15) is 29.9 Å².